The van der Waals surface area contributed by atoms with E-state index in [-0.39, 0.29) is 24.1 Å². The first-order valence-corrected chi connectivity index (χ1v) is 11.1. The lowest BCUT2D eigenvalue weighted by atomic mass is 10.1. The third kappa shape index (κ3) is 6.21. The minimum atomic E-state index is -0.381. The quantitative estimate of drug-likeness (QED) is 0.469. The molecule has 3 aromatic rings. The Hall–Kier alpha value is -3.58. The van der Waals surface area contributed by atoms with E-state index in [1.165, 1.54) is 11.3 Å². The highest BCUT2D eigenvalue weighted by molar-refractivity contribution is 7.10. The van der Waals surface area contributed by atoms with Crippen LogP contribution in [0.15, 0.2) is 65.7 Å². The summed E-state index contributed by atoms with van der Waals surface area (Å²) in [6.45, 7) is 4.58. The first-order valence-electron chi connectivity index (χ1n) is 10.2. The molecule has 0 unspecified atom stereocenters. The number of methoxy groups -OCH3 is 1. The lowest BCUT2D eigenvalue weighted by molar-refractivity contribution is -0.117. The minimum absolute atomic E-state index is 0.178. The second-order valence-electron chi connectivity index (χ2n) is 7.00. The molecule has 0 saturated heterocycles. The molecule has 7 heteroatoms. The van der Waals surface area contributed by atoms with E-state index in [9.17, 15) is 9.59 Å². The number of hydrogen-bond donors (Lipinski definition) is 2. The van der Waals surface area contributed by atoms with Crippen molar-refractivity contribution in [3.8, 4) is 11.5 Å². The van der Waals surface area contributed by atoms with E-state index in [0.29, 0.717) is 23.7 Å². The van der Waals surface area contributed by atoms with Crippen LogP contribution >= 0.6 is 11.3 Å². The van der Waals surface area contributed by atoms with Crippen molar-refractivity contribution in [3.05, 3.63) is 87.2 Å². The topological polar surface area (TPSA) is 76.7 Å². The second-order valence-corrected chi connectivity index (χ2v) is 7.98. The SMILES string of the molecule is CCOc1cc(CNC(=O)/C(=C/c2cccs2)NC(=O)c2cccc(C)c2)ccc1OC. The van der Waals surface area contributed by atoms with Crippen LogP contribution in [0, 0.1) is 6.92 Å². The van der Waals surface area contributed by atoms with Crippen LogP contribution in [0.5, 0.6) is 11.5 Å². The molecule has 0 aliphatic rings. The van der Waals surface area contributed by atoms with Crippen molar-refractivity contribution in [2.45, 2.75) is 20.4 Å². The molecule has 0 bridgehead atoms. The van der Waals surface area contributed by atoms with Crippen LogP contribution in [0.2, 0.25) is 0 Å². The molecule has 3 rings (SSSR count). The van der Waals surface area contributed by atoms with Crippen LogP contribution in [0.25, 0.3) is 6.08 Å². The Labute approximate surface area is 191 Å². The minimum Gasteiger partial charge on any atom is -0.493 e. The van der Waals surface area contributed by atoms with E-state index < -0.39 is 0 Å². The van der Waals surface area contributed by atoms with Gasteiger partial charge in [-0.05, 0) is 61.2 Å². The number of thiophene rings is 1. The number of nitrogens with one attached hydrogen (secondary N) is 2. The van der Waals surface area contributed by atoms with Gasteiger partial charge in [0.05, 0.1) is 13.7 Å². The summed E-state index contributed by atoms with van der Waals surface area (Å²) < 4.78 is 10.9. The molecular weight excluding hydrogens is 424 g/mol. The van der Waals surface area contributed by atoms with Crippen molar-refractivity contribution < 1.29 is 19.1 Å². The van der Waals surface area contributed by atoms with Gasteiger partial charge >= 0.3 is 0 Å². The van der Waals surface area contributed by atoms with Crippen molar-refractivity contribution in [2.75, 3.05) is 13.7 Å². The molecule has 0 fully saturated rings. The molecule has 2 amide bonds. The Morgan fingerprint density at radius 3 is 2.59 bits per heavy atom. The summed E-state index contributed by atoms with van der Waals surface area (Å²) in [5, 5.41) is 7.54. The summed E-state index contributed by atoms with van der Waals surface area (Å²) in [7, 11) is 1.58. The number of aryl methyl sites for hydroxylation is 1. The number of ether oxygens (including phenoxy) is 2. The standard InChI is InChI=1S/C25H26N2O4S/c1-4-31-23-14-18(10-11-22(23)30-3)16-26-25(29)21(15-20-9-6-12-32-20)27-24(28)19-8-5-7-17(2)13-19/h5-15H,4,16H2,1-3H3,(H,26,29)(H,27,28)/b21-15-. The molecule has 1 heterocycles. The zero-order chi connectivity index (χ0) is 22.9. The Kier molecular flexibility index (Phi) is 8.05. The molecule has 0 spiro atoms. The number of hydrogen-bond acceptors (Lipinski definition) is 5. The Balaban J connectivity index is 1.76. The van der Waals surface area contributed by atoms with Gasteiger partial charge in [-0.1, -0.05) is 29.8 Å². The van der Waals surface area contributed by atoms with Crippen LogP contribution in [0.1, 0.15) is 33.3 Å². The van der Waals surface area contributed by atoms with E-state index >= 15 is 0 Å². The monoisotopic (exact) mass is 450 g/mol. The zero-order valence-electron chi connectivity index (χ0n) is 18.3. The summed E-state index contributed by atoms with van der Waals surface area (Å²) in [5.41, 5.74) is 2.49. The smallest absolute Gasteiger partial charge is 0.268 e. The summed E-state index contributed by atoms with van der Waals surface area (Å²) >= 11 is 1.48. The van der Waals surface area contributed by atoms with Gasteiger partial charge in [-0.25, -0.2) is 0 Å². The number of rotatable bonds is 9. The van der Waals surface area contributed by atoms with Gasteiger partial charge in [0.2, 0.25) is 0 Å². The van der Waals surface area contributed by atoms with Gasteiger partial charge < -0.3 is 20.1 Å². The third-order valence-electron chi connectivity index (χ3n) is 4.58. The molecule has 166 valence electrons. The molecule has 1 aromatic heterocycles. The molecule has 0 saturated carbocycles. The largest absolute Gasteiger partial charge is 0.493 e. The highest BCUT2D eigenvalue weighted by Crippen LogP contribution is 2.28. The number of carbonyl (C=O) groups is 2. The molecule has 0 aliphatic carbocycles. The van der Waals surface area contributed by atoms with Crippen LogP contribution in [0.3, 0.4) is 0 Å². The normalized spacial score (nSPS) is 11.0. The molecule has 0 atom stereocenters. The van der Waals surface area contributed by atoms with Gasteiger partial charge in [0.15, 0.2) is 11.5 Å². The van der Waals surface area contributed by atoms with E-state index in [1.54, 1.807) is 31.4 Å². The van der Waals surface area contributed by atoms with Crippen molar-refractivity contribution in [1.29, 1.82) is 0 Å². The van der Waals surface area contributed by atoms with Gasteiger partial charge in [-0.3, -0.25) is 9.59 Å². The molecule has 32 heavy (non-hydrogen) atoms. The first kappa shape index (κ1) is 23.1. The van der Waals surface area contributed by atoms with Crippen molar-refractivity contribution in [1.82, 2.24) is 10.6 Å². The highest BCUT2D eigenvalue weighted by Gasteiger charge is 2.15. The molecule has 2 N–H and O–H groups in total. The maximum atomic E-state index is 13.0. The fourth-order valence-electron chi connectivity index (χ4n) is 3.03. The van der Waals surface area contributed by atoms with E-state index in [4.69, 9.17) is 9.47 Å². The van der Waals surface area contributed by atoms with Gasteiger partial charge in [-0.15, -0.1) is 11.3 Å². The summed E-state index contributed by atoms with van der Waals surface area (Å²) in [6, 6.07) is 16.5. The van der Waals surface area contributed by atoms with E-state index in [1.807, 2.05) is 55.6 Å². The summed E-state index contributed by atoms with van der Waals surface area (Å²) in [6.07, 6.45) is 1.67. The van der Waals surface area contributed by atoms with Crippen LogP contribution in [-0.2, 0) is 11.3 Å². The Morgan fingerprint density at radius 1 is 1.06 bits per heavy atom. The Morgan fingerprint density at radius 2 is 1.91 bits per heavy atom. The Bertz CT molecular complexity index is 1110. The van der Waals surface area contributed by atoms with Gasteiger partial charge in [0.25, 0.3) is 11.8 Å². The highest BCUT2D eigenvalue weighted by atomic mass is 32.1. The fraction of sp³-hybridized carbons (Fsp3) is 0.200. The molecule has 0 aliphatic heterocycles. The van der Waals surface area contributed by atoms with Gasteiger partial charge in [0.1, 0.15) is 5.70 Å². The van der Waals surface area contributed by atoms with E-state index in [2.05, 4.69) is 10.6 Å². The molecular formula is C25H26N2O4S. The molecule has 0 radical (unpaired) electrons. The second kappa shape index (κ2) is 11.2. The number of carbonyl (C=O) groups excluding carboxylic acids is 2. The summed E-state index contributed by atoms with van der Waals surface area (Å²) in [4.78, 5) is 26.6. The van der Waals surface area contributed by atoms with E-state index in [0.717, 1.165) is 16.0 Å². The predicted octanol–water partition coefficient (Wildman–Crippen LogP) is 4.55. The fourth-order valence-corrected chi connectivity index (χ4v) is 3.69. The zero-order valence-corrected chi connectivity index (χ0v) is 19.1. The number of amides is 2. The average Bonchev–Trinajstić information content (AvgIpc) is 3.30. The van der Waals surface area contributed by atoms with Crippen LogP contribution in [-0.4, -0.2) is 25.5 Å². The predicted molar refractivity (Wildman–Crippen MR) is 127 cm³/mol. The maximum Gasteiger partial charge on any atom is 0.268 e. The molecule has 2 aromatic carbocycles. The van der Waals surface area contributed by atoms with Crippen LogP contribution < -0.4 is 20.1 Å². The summed E-state index contributed by atoms with van der Waals surface area (Å²) in [5.74, 6) is 0.525. The number of benzene rings is 2. The maximum absolute atomic E-state index is 13.0. The molecule has 6 nitrogen and oxygen atoms in total. The third-order valence-corrected chi connectivity index (χ3v) is 5.40. The van der Waals surface area contributed by atoms with Crippen molar-refractivity contribution >= 4 is 29.2 Å². The lowest BCUT2D eigenvalue weighted by Crippen LogP contribution is -2.34. The van der Waals surface area contributed by atoms with Gasteiger partial charge in [0, 0.05) is 17.0 Å². The lowest BCUT2D eigenvalue weighted by Gasteiger charge is -2.13. The van der Waals surface area contributed by atoms with Gasteiger partial charge in [-0.2, -0.15) is 0 Å². The average molecular weight is 451 g/mol. The van der Waals surface area contributed by atoms with Crippen molar-refractivity contribution in [2.24, 2.45) is 0 Å². The van der Waals surface area contributed by atoms with Crippen molar-refractivity contribution in [3.63, 3.8) is 0 Å². The first-order chi connectivity index (χ1) is 15.5. The van der Waals surface area contributed by atoms with Crippen LogP contribution in [0.4, 0.5) is 0 Å².